The Balaban J connectivity index is 3.47. The Labute approximate surface area is 173 Å². The summed E-state index contributed by atoms with van der Waals surface area (Å²) in [4.78, 5) is 44.6. The number of rotatable bonds is 18. The third-order valence-electron chi connectivity index (χ3n) is 3.60. The Morgan fingerprint density at radius 1 is 0.655 bits per heavy atom. The summed E-state index contributed by atoms with van der Waals surface area (Å²) >= 11 is 0. The third-order valence-corrected chi connectivity index (χ3v) is 4.95. The summed E-state index contributed by atoms with van der Waals surface area (Å²) in [7, 11) is -0.222. The molecule has 0 heterocycles. The minimum atomic E-state index is -1.05. The molecule has 10 heteroatoms. The first kappa shape index (κ1) is 27.1. The van der Waals surface area contributed by atoms with Crippen molar-refractivity contribution in [3.05, 3.63) is 0 Å². The average Bonchev–Trinajstić information content (AvgIpc) is 2.66. The fourth-order valence-corrected chi connectivity index (χ4v) is 2.90. The SMILES string of the molecule is C[Si](C)CCCOCCOC(=O)CCC(=O)OCCCCOC(=O)CCC(=O)O. The van der Waals surface area contributed by atoms with Crippen LogP contribution < -0.4 is 0 Å². The van der Waals surface area contributed by atoms with Gasteiger partial charge in [0.15, 0.2) is 0 Å². The molecular weight excluding hydrogens is 400 g/mol. The number of esters is 3. The zero-order valence-corrected chi connectivity index (χ0v) is 18.4. The summed E-state index contributed by atoms with van der Waals surface area (Å²) in [6, 6.07) is 1.20. The fourth-order valence-electron chi connectivity index (χ4n) is 2.05. The number of carbonyl (C=O) groups is 4. The molecule has 0 aromatic heterocycles. The van der Waals surface area contributed by atoms with Gasteiger partial charge in [-0.1, -0.05) is 19.1 Å². The Bertz CT molecular complexity index is 494. The second-order valence-electron chi connectivity index (χ2n) is 6.69. The van der Waals surface area contributed by atoms with Crippen LogP contribution in [0.5, 0.6) is 0 Å². The van der Waals surface area contributed by atoms with Crippen LogP contribution in [0.1, 0.15) is 44.9 Å². The Morgan fingerprint density at radius 2 is 1.14 bits per heavy atom. The van der Waals surface area contributed by atoms with Crippen molar-refractivity contribution < 1.29 is 43.2 Å². The van der Waals surface area contributed by atoms with Gasteiger partial charge in [0.05, 0.1) is 45.5 Å². The number of unbranched alkanes of at least 4 members (excludes halogenated alkanes) is 1. The number of ether oxygens (including phenoxy) is 4. The highest BCUT2D eigenvalue weighted by molar-refractivity contribution is 6.55. The molecule has 167 valence electrons. The summed E-state index contributed by atoms with van der Waals surface area (Å²) in [6.45, 7) is 6.00. The van der Waals surface area contributed by atoms with E-state index >= 15 is 0 Å². The van der Waals surface area contributed by atoms with E-state index in [0.29, 0.717) is 26.1 Å². The minimum Gasteiger partial charge on any atom is -0.481 e. The smallest absolute Gasteiger partial charge is 0.306 e. The van der Waals surface area contributed by atoms with Crippen LogP contribution in [0.3, 0.4) is 0 Å². The summed E-state index contributed by atoms with van der Waals surface area (Å²) in [6.07, 6.45) is 1.50. The monoisotopic (exact) mass is 433 g/mol. The maximum Gasteiger partial charge on any atom is 0.306 e. The average molecular weight is 434 g/mol. The van der Waals surface area contributed by atoms with Gasteiger partial charge in [-0.3, -0.25) is 19.2 Å². The van der Waals surface area contributed by atoms with Gasteiger partial charge in [0.1, 0.15) is 6.61 Å². The molecule has 29 heavy (non-hydrogen) atoms. The second kappa shape index (κ2) is 18.1. The Hall–Kier alpha value is -1.94. The van der Waals surface area contributed by atoms with Crippen molar-refractivity contribution in [2.75, 3.05) is 33.0 Å². The molecule has 0 amide bonds. The van der Waals surface area contributed by atoms with E-state index in [9.17, 15) is 19.2 Å². The molecule has 1 radical (unpaired) electrons. The number of hydrogen-bond acceptors (Lipinski definition) is 8. The summed E-state index contributed by atoms with van der Waals surface area (Å²) in [5.74, 6) is -2.57. The van der Waals surface area contributed by atoms with Gasteiger partial charge in [0.25, 0.3) is 0 Å². The predicted molar refractivity (Wildman–Crippen MR) is 106 cm³/mol. The Kier molecular flexibility index (Phi) is 16.9. The lowest BCUT2D eigenvalue weighted by Crippen LogP contribution is -2.14. The van der Waals surface area contributed by atoms with Crippen LogP contribution in [0.15, 0.2) is 0 Å². The lowest BCUT2D eigenvalue weighted by atomic mass is 10.3. The number of carboxylic acid groups (broad SMARTS) is 1. The number of hydrogen-bond donors (Lipinski definition) is 1. The molecule has 0 rings (SSSR count). The zero-order chi connectivity index (χ0) is 21.9. The summed E-state index contributed by atoms with van der Waals surface area (Å²) in [5.41, 5.74) is 0. The summed E-state index contributed by atoms with van der Waals surface area (Å²) < 4.78 is 20.2. The first-order valence-electron chi connectivity index (χ1n) is 9.86. The fraction of sp³-hybridized carbons (Fsp3) is 0.789. The molecule has 0 saturated carbocycles. The molecule has 0 atom stereocenters. The van der Waals surface area contributed by atoms with Crippen molar-refractivity contribution in [3.63, 3.8) is 0 Å². The van der Waals surface area contributed by atoms with E-state index < -0.39 is 23.9 Å². The zero-order valence-electron chi connectivity index (χ0n) is 17.4. The maximum atomic E-state index is 11.5. The van der Waals surface area contributed by atoms with E-state index in [2.05, 4.69) is 13.1 Å². The molecule has 0 aromatic rings. The molecule has 0 aliphatic carbocycles. The molecule has 0 fully saturated rings. The van der Waals surface area contributed by atoms with Crippen LogP contribution in [0.4, 0.5) is 0 Å². The largest absolute Gasteiger partial charge is 0.481 e. The van der Waals surface area contributed by atoms with Crippen molar-refractivity contribution in [1.82, 2.24) is 0 Å². The highest BCUT2D eigenvalue weighted by Gasteiger charge is 2.10. The molecule has 0 spiro atoms. The van der Waals surface area contributed by atoms with Crippen LogP contribution in [-0.4, -0.2) is 70.8 Å². The molecule has 0 saturated heterocycles. The van der Waals surface area contributed by atoms with E-state index in [0.717, 1.165) is 6.42 Å². The quantitative estimate of drug-likeness (QED) is 0.150. The van der Waals surface area contributed by atoms with Gasteiger partial charge in [-0.25, -0.2) is 0 Å². The molecule has 0 aliphatic rings. The van der Waals surface area contributed by atoms with Gasteiger partial charge in [0.2, 0.25) is 0 Å². The van der Waals surface area contributed by atoms with Crippen LogP contribution in [0.2, 0.25) is 19.1 Å². The summed E-state index contributed by atoms with van der Waals surface area (Å²) in [5, 5.41) is 8.44. The van der Waals surface area contributed by atoms with E-state index in [1.807, 2.05) is 0 Å². The normalized spacial score (nSPS) is 10.6. The van der Waals surface area contributed by atoms with Crippen molar-refractivity contribution in [2.45, 2.75) is 64.1 Å². The lowest BCUT2D eigenvalue weighted by Gasteiger charge is -2.07. The molecule has 0 unspecified atom stereocenters. The third kappa shape index (κ3) is 20.6. The van der Waals surface area contributed by atoms with Gasteiger partial charge in [-0.2, -0.15) is 0 Å². The standard InChI is InChI=1S/C19H33O9Si/c1-29(2)15-5-10-25-13-14-28-19(24)9-8-18(23)27-12-4-3-11-26-17(22)7-6-16(20)21/h3-15H2,1-2H3,(H,20,21). The van der Waals surface area contributed by atoms with Crippen molar-refractivity contribution in [3.8, 4) is 0 Å². The van der Waals surface area contributed by atoms with Crippen LogP contribution in [0, 0.1) is 0 Å². The molecular formula is C19H33O9Si. The molecule has 0 aliphatic heterocycles. The molecule has 9 nitrogen and oxygen atoms in total. The topological polar surface area (TPSA) is 125 Å². The number of carboxylic acids is 1. The van der Waals surface area contributed by atoms with Gasteiger partial charge < -0.3 is 24.1 Å². The van der Waals surface area contributed by atoms with Gasteiger partial charge in [0, 0.05) is 15.4 Å². The highest BCUT2D eigenvalue weighted by atomic mass is 28.3. The van der Waals surface area contributed by atoms with E-state index in [1.165, 1.54) is 6.04 Å². The molecule has 0 bridgehead atoms. The number of aliphatic carboxylic acids is 1. The minimum absolute atomic E-state index is 0.0442. The van der Waals surface area contributed by atoms with Crippen molar-refractivity contribution in [1.29, 1.82) is 0 Å². The molecule has 1 N–H and O–H groups in total. The first-order chi connectivity index (χ1) is 13.8. The molecule has 0 aromatic carbocycles. The maximum absolute atomic E-state index is 11.5. The Morgan fingerprint density at radius 3 is 1.62 bits per heavy atom. The highest BCUT2D eigenvalue weighted by Crippen LogP contribution is 2.01. The van der Waals surface area contributed by atoms with Gasteiger partial charge in [-0.15, -0.1) is 0 Å². The van der Waals surface area contributed by atoms with E-state index in [-0.39, 0.29) is 54.3 Å². The van der Waals surface area contributed by atoms with Crippen molar-refractivity contribution >= 4 is 32.7 Å². The van der Waals surface area contributed by atoms with E-state index in [4.69, 9.17) is 24.1 Å². The van der Waals surface area contributed by atoms with Crippen LogP contribution >= 0.6 is 0 Å². The first-order valence-corrected chi connectivity index (χ1v) is 12.6. The second-order valence-corrected chi connectivity index (χ2v) is 9.60. The van der Waals surface area contributed by atoms with Crippen LogP contribution in [0.25, 0.3) is 0 Å². The number of carbonyl (C=O) groups excluding carboxylic acids is 3. The van der Waals surface area contributed by atoms with Gasteiger partial charge >= 0.3 is 23.9 Å². The van der Waals surface area contributed by atoms with Crippen LogP contribution in [-0.2, 0) is 38.1 Å². The van der Waals surface area contributed by atoms with Gasteiger partial charge in [-0.05, 0) is 19.3 Å². The van der Waals surface area contributed by atoms with E-state index in [1.54, 1.807) is 0 Å². The van der Waals surface area contributed by atoms with Crippen molar-refractivity contribution in [2.24, 2.45) is 0 Å². The lowest BCUT2D eigenvalue weighted by molar-refractivity contribution is -0.151. The predicted octanol–water partition coefficient (Wildman–Crippen LogP) is 2.20.